The quantitative estimate of drug-likeness (QED) is 0.650. The molecule has 0 saturated carbocycles. The predicted octanol–water partition coefficient (Wildman–Crippen LogP) is -0.0880. The van der Waals surface area contributed by atoms with Crippen molar-refractivity contribution < 1.29 is 4.74 Å². The first kappa shape index (κ1) is 11.3. The van der Waals surface area contributed by atoms with Crippen LogP contribution in [0, 0.1) is 0 Å². The molecule has 0 aliphatic carbocycles. The number of likely N-dealkylation sites (tertiary alicyclic amines) is 1. The van der Waals surface area contributed by atoms with E-state index < -0.39 is 0 Å². The maximum absolute atomic E-state index is 5.27. The van der Waals surface area contributed by atoms with Gasteiger partial charge >= 0.3 is 0 Å². The topological polar surface area (TPSA) is 19.0 Å². The minimum atomic E-state index is 0.488. The largest absolute Gasteiger partial charge is 0.379 e. The molecule has 88 valence electrons. The molecule has 4 heteroatoms. The summed E-state index contributed by atoms with van der Waals surface area (Å²) in [5, 5.41) is 0. The van der Waals surface area contributed by atoms with Crippen molar-refractivity contribution in [2.75, 3.05) is 59.6 Å². The molecule has 0 aromatic heterocycles. The predicted molar refractivity (Wildman–Crippen MR) is 60.9 cm³/mol. The van der Waals surface area contributed by atoms with E-state index in [-0.39, 0.29) is 0 Å². The Bertz CT molecular complexity index is 186. The molecule has 2 aliphatic rings. The van der Waals surface area contributed by atoms with Crippen molar-refractivity contribution in [2.24, 2.45) is 0 Å². The number of nitrogens with zero attached hydrogens (tertiary/aromatic N) is 3. The molecule has 0 radical (unpaired) electrons. The third-order valence-corrected chi connectivity index (χ3v) is 3.57. The van der Waals surface area contributed by atoms with Crippen LogP contribution in [0.1, 0.15) is 6.92 Å². The molecule has 0 atom stereocenters. The van der Waals surface area contributed by atoms with E-state index in [0.717, 1.165) is 19.8 Å². The Morgan fingerprint density at radius 1 is 1.00 bits per heavy atom. The zero-order valence-corrected chi connectivity index (χ0v) is 9.98. The lowest BCUT2D eigenvalue weighted by atomic mass is 10.2. The van der Waals surface area contributed by atoms with Gasteiger partial charge in [0.25, 0.3) is 0 Å². The molecule has 4 nitrogen and oxygen atoms in total. The monoisotopic (exact) mass is 213 g/mol. The molecule has 2 heterocycles. The summed E-state index contributed by atoms with van der Waals surface area (Å²) in [6, 6.07) is 0. The Morgan fingerprint density at radius 3 is 2.13 bits per heavy atom. The molecular weight excluding hydrogens is 190 g/mol. The van der Waals surface area contributed by atoms with Gasteiger partial charge in [0.1, 0.15) is 0 Å². The first-order chi connectivity index (χ1) is 7.31. The standard InChI is InChI=1S/C11H23N3O/c1-3-12-4-6-13(7-5-12)10-14-8-11(9-14)15-2/h11H,3-10H2,1-2H3. The second kappa shape index (κ2) is 5.25. The molecule has 2 aliphatic heterocycles. The van der Waals surface area contributed by atoms with E-state index in [1.807, 2.05) is 7.11 Å². The fraction of sp³-hybridized carbons (Fsp3) is 1.00. The molecule has 0 N–H and O–H groups in total. The summed E-state index contributed by atoms with van der Waals surface area (Å²) in [6.07, 6.45) is 0.488. The lowest BCUT2D eigenvalue weighted by molar-refractivity contribution is -0.0584. The van der Waals surface area contributed by atoms with Crippen LogP contribution in [0.4, 0.5) is 0 Å². The first-order valence-electron chi connectivity index (χ1n) is 6.01. The van der Waals surface area contributed by atoms with Crippen LogP contribution < -0.4 is 0 Å². The smallest absolute Gasteiger partial charge is 0.0825 e. The number of methoxy groups -OCH3 is 1. The number of ether oxygens (including phenoxy) is 1. The molecule has 0 aromatic rings. The van der Waals surface area contributed by atoms with Crippen molar-refractivity contribution >= 4 is 0 Å². The minimum absolute atomic E-state index is 0.488. The summed E-state index contributed by atoms with van der Waals surface area (Å²) in [5.41, 5.74) is 0. The van der Waals surface area contributed by atoms with E-state index in [1.54, 1.807) is 0 Å². The Morgan fingerprint density at radius 2 is 1.60 bits per heavy atom. The van der Waals surface area contributed by atoms with E-state index in [4.69, 9.17) is 4.74 Å². The van der Waals surface area contributed by atoms with Crippen LogP contribution in [0.15, 0.2) is 0 Å². The first-order valence-corrected chi connectivity index (χ1v) is 6.01. The van der Waals surface area contributed by atoms with E-state index >= 15 is 0 Å². The number of hydrogen-bond donors (Lipinski definition) is 0. The Kier molecular flexibility index (Phi) is 3.97. The van der Waals surface area contributed by atoms with Gasteiger partial charge in [-0.1, -0.05) is 6.92 Å². The molecular formula is C11H23N3O. The van der Waals surface area contributed by atoms with E-state index in [9.17, 15) is 0 Å². The minimum Gasteiger partial charge on any atom is -0.379 e. The number of rotatable bonds is 4. The maximum Gasteiger partial charge on any atom is 0.0825 e. The summed E-state index contributed by atoms with van der Waals surface area (Å²) in [6.45, 7) is 11.7. The molecule has 15 heavy (non-hydrogen) atoms. The van der Waals surface area contributed by atoms with Gasteiger partial charge < -0.3 is 9.64 Å². The van der Waals surface area contributed by atoms with Gasteiger partial charge in [0.15, 0.2) is 0 Å². The summed E-state index contributed by atoms with van der Waals surface area (Å²) >= 11 is 0. The maximum atomic E-state index is 5.27. The van der Waals surface area contributed by atoms with Crippen LogP contribution in [0.5, 0.6) is 0 Å². The van der Waals surface area contributed by atoms with Crippen LogP contribution in [-0.4, -0.2) is 80.4 Å². The van der Waals surface area contributed by atoms with E-state index in [0.29, 0.717) is 6.10 Å². The zero-order valence-electron chi connectivity index (χ0n) is 9.98. The Balaban J connectivity index is 1.61. The highest BCUT2D eigenvalue weighted by molar-refractivity contribution is 4.81. The average Bonchev–Trinajstić information content (AvgIpc) is 2.23. The second-order valence-corrected chi connectivity index (χ2v) is 4.59. The lowest BCUT2D eigenvalue weighted by Crippen LogP contribution is -2.58. The highest BCUT2D eigenvalue weighted by atomic mass is 16.5. The van der Waals surface area contributed by atoms with Crippen molar-refractivity contribution in [3.05, 3.63) is 0 Å². The van der Waals surface area contributed by atoms with Crippen LogP contribution >= 0.6 is 0 Å². The zero-order chi connectivity index (χ0) is 10.7. The van der Waals surface area contributed by atoms with Crippen LogP contribution in [0.25, 0.3) is 0 Å². The van der Waals surface area contributed by atoms with Gasteiger partial charge in [-0.2, -0.15) is 0 Å². The summed E-state index contributed by atoms with van der Waals surface area (Å²) in [5.74, 6) is 0. The molecule has 2 saturated heterocycles. The fourth-order valence-corrected chi connectivity index (χ4v) is 2.32. The third kappa shape index (κ3) is 2.91. The van der Waals surface area contributed by atoms with Crippen molar-refractivity contribution in [3.63, 3.8) is 0 Å². The number of likely N-dealkylation sites (N-methyl/N-ethyl adjacent to an activating group) is 1. The fourth-order valence-electron chi connectivity index (χ4n) is 2.32. The number of hydrogen-bond acceptors (Lipinski definition) is 4. The summed E-state index contributed by atoms with van der Waals surface area (Å²) in [7, 11) is 1.81. The van der Waals surface area contributed by atoms with Gasteiger partial charge in [-0.05, 0) is 6.54 Å². The molecule has 0 aromatic carbocycles. The molecule has 2 fully saturated rings. The van der Waals surface area contributed by atoms with Gasteiger partial charge in [0.2, 0.25) is 0 Å². The Hall–Kier alpha value is -0.160. The van der Waals surface area contributed by atoms with Crippen molar-refractivity contribution in [2.45, 2.75) is 13.0 Å². The Labute approximate surface area is 92.8 Å². The summed E-state index contributed by atoms with van der Waals surface area (Å²) in [4.78, 5) is 7.54. The molecule has 0 bridgehead atoms. The van der Waals surface area contributed by atoms with Gasteiger partial charge in [-0.15, -0.1) is 0 Å². The van der Waals surface area contributed by atoms with Crippen molar-refractivity contribution in [1.82, 2.24) is 14.7 Å². The highest BCUT2D eigenvalue weighted by Gasteiger charge is 2.28. The van der Waals surface area contributed by atoms with Gasteiger partial charge in [-0.25, -0.2) is 0 Å². The van der Waals surface area contributed by atoms with Crippen molar-refractivity contribution in [1.29, 1.82) is 0 Å². The van der Waals surface area contributed by atoms with Crippen LogP contribution in [0.3, 0.4) is 0 Å². The third-order valence-electron chi connectivity index (χ3n) is 3.57. The molecule has 0 unspecified atom stereocenters. The summed E-state index contributed by atoms with van der Waals surface area (Å²) < 4.78 is 5.27. The van der Waals surface area contributed by atoms with E-state index in [1.165, 1.54) is 32.7 Å². The average molecular weight is 213 g/mol. The molecule has 0 amide bonds. The number of piperazine rings is 1. The SMILES string of the molecule is CCN1CCN(CN2CC(OC)C2)CC1. The van der Waals surface area contributed by atoms with Crippen molar-refractivity contribution in [3.8, 4) is 0 Å². The molecule has 0 spiro atoms. The van der Waals surface area contributed by atoms with Crippen LogP contribution in [0.2, 0.25) is 0 Å². The van der Waals surface area contributed by atoms with Gasteiger partial charge in [0.05, 0.1) is 12.8 Å². The van der Waals surface area contributed by atoms with Gasteiger partial charge in [-0.3, -0.25) is 9.80 Å². The molecule has 2 rings (SSSR count). The lowest BCUT2D eigenvalue weighted by Gasteiger charge is -2.43. The van der Waals surface area contributed by atoms with Crippen LogP contribution in [-0.2, 0) is 4.74 Å². The van der Waals surface area contributed by atoms with E-state index in [2.05, 4.69) is 21.6 Å². The highest BCUT2D eigenvalue weighted by Crippen LogP contribution is 2.12. The second-order valence-electron chi connectivity index (χ2n) is 4.59. The normalized spacial score (nSPS) is 26.8. The van der Waals surface area contributed by atoms with Gasteiger partial charge in [0, 0.05) is 46.4 Å².